The van der Waals surface area contributed by atoms with Gasteiger partial charge in [-0.1, -0.05) is 18.2 Å². The van der Waals surface area contributed by atoms with Gasteiger partial charge in [-0.3, -0.25) is 10.1 Å². The minimum absolute atomic E-state index is 0.00703. The fourth-order valence-corrected chi connectivity index (χ4v) is 5.14. The molecule has 0 radical (unpaired) electrons. The molecule has 1 aliphatic carbocycles. The maximum Gasteiger partial charge on any atom is 0.311 e. The molecule has 4 rings (SSSR count). The van der Waals surface area contributed by atoms with E-state index in [0.29, 0.717) is 18.2 Å². The Labute approximate surface area is 173 Å². The number of nitrogens with one attached hydrogen (secondary N) is 1. The van der Waals surface area contributed by atoms with Crippen LogP contribution in [0.3, 0.4) is 0 Å². The second-order valence-electron chi connectivity index (χ2n) is 7.26. The lowest BCUT2D eigenvalue weighted by Crippen LogP contribution is -2.26. The van der Waals surface area contributed by atoms with Crippen molar-refractivity contribution in [2.24, 2.45) is 5.92 Å². The van der Waals surface area contributed by atoms with Crippen LogP contribution < -0.4 is 5.32 Å². The van der Waals surface area contributed by atoms with Gasteiger partial charge < -0.3 is 5.32 Å². The number of rotatable bonds is 5. The van der Waals surface area contributed by atoms with Gasteiger partial charge in [0.05, 0.1) is 21.3 Å². The van der Waals surface area contributed by atoms with Crippen molar-refractivity contribution < 1.29 is 13.3 Å². The molecule has 1 fully saturated rings. The summed E-state index contributed by atoms with van der Waals surface area (Å²) in [5.74, 6) is 0.00703. The maximum atomic E-state index is 13.0. The minimum atomic E-state index is -3.90. The van der Waals surface area contributed by atoms with Gasteiger partial charge in [-0.05, 0) is 43.9 Å². The molecule has 0 bridgehead atoms. The van der Waals surface area contributed by atoms with E-state index in [1.54, 1.807) is 18.2 Å². The van der Waals surface area contributed by atoms with Gasteiger partial charge in [-0.25, -0.2) is 17.4 Å². The zero-order valence-corrected chi connectivity index (χ0v) is 16.7. The average Bonchev–Trinajstić information content (AvgIpc) is 3.20. The summed E-state index contributed by atoms with van der Waals surface area (Å²) in [5.41, 5.74) is 0.171. The van der Waals surface area contributed by atoms with Crippen molar-refractivity contribution in [1.82, 2.24) is 8.96 Å². The molecular formula is C20H19N5O4S. The monoisotopic (exact) mass is 425 g/mol. The molecule has 9 nitrogen and oxygen atoms in total. The Balaban J connectivity index is 1.77. The summed E-state index contributed by atoms with van der Waals surface area (Å²) in [4.78, 5) is 15.3. The Hall–Kier alpha value is -3.45. The van der Waals surface area contributed by atoms with Crippen LogP contribution in [0.15, 0.2) is 53.7 Å². The Bertz CT molecular complexity index is 1240. The lowest BCUT2D eigenvalue weighted by atomic mass is 9.87. The van der Waals surface area contributed by atoms with E-state index in [-0.39, 0.29) is 33.9 Å². The summed E-state index contributed by atoms with van der Waals surface area (Å²) in [6, 6.07) is 11.7. The summed E-state index contributed by atoms with van der Waals surface area (Å²) >= 11 is 0. The predicted molar refractivity (Wildman–Crippen MR) is 110 cm³/mol. The zero-order valence-electron chi connectivity index (χ0n) is 15.9. The van der Waals surface area contributed by atoms with E-state index in [9.17, 15) is 18.5 Å². The topological polar surface area (TPSA) is 131 Å². The second-order valence-corrected chi connectivity index (χ2v) is 9.08. The van der Waals surface area contributed by atoms with Gasteiger partial charge in [0.25, 0.3) is 10.0 Å². The van der Waals surface area contributed by atoms with Crippen LogP contribution in [0.25, 0.3) is 11.0 Å². The number of nitro groups is 1. The Morgan fingerprint density at radius 1 is 1.17 bits per heavy atom. The number of hydrogen-bond acceptors (Lipinski definition) is 7. The highest BCUT2D eigenvalue weighted by molar-refractivity contribution is 7.90. The van der Waals surface area contributed by atoms with E-state index in [1.165, 1.54) is 24.4 Å². The molecule has 0 unspecified atom stereocenters. The number of hydrogen-bond donors (Lipinski definition) is 1. The Morgan fingerprint density at radius 2 is 1.87 bits per heavy atom. The lowest BCUT2D eigenvalue weighted by Gasteiger charge is -2.26. The van der Waals surface area contributed by atoms with Crippen LogP contribution in [0.5, 0.6) is 0 Å². The standard InChI is InChI=1S/C20H19N5O4S/c21-12-14-6-8-15(9-7-14)23-19-17-10-11-24(20(17)22-13-18(19)25(26)27)30(28,29)16-4-2-1-3-5-16/h1-5,10-11,13-15H,6-9H2,(H,22,23)/t14-,15-. The first kappa shape index (κ1) is 19.8. The van der Waals surface area contributed by atoms with E-state index < -0.39 is 14.9 Å². The highest BCUT2D eigenvalue weighted by Gasteiger charge is 2.28. The molecule has 1 aliphatic rings. The molecule has 1 aromatic carbocycles. The van der Waals surface area contributed by atoms with Gasteiger partial charge in [0.2, 0.25) is 0 Å². The summed E-state index contributed by atoms with van der Waals surface area (Å²) in [5, 5.41) is 24.2. The number of anilines is 1. The van der Waals surface area contributed by atoms with E-state index in [1.807, 2.05) is 0 Å². The van der Waals surface area contributed by atoms with Gasteiger partial charge >= 0.3 is 5.69 Å². The first-order valence-corrected chi connectivity index (χ1v) is 11.0. The summed E-state index contributed by atoms with van der Waals surface area (Å²) in [7, 11) is -3.90. The van der Waals surface area contributed by atoms with Crippen LogP contribution in [0.1, 0.15) is 25.7 Å². The first-order chi connectivity index (χ1) is 14.4. The largest absolute Gasteiger partial charge is 0.376 e. The molecule has 1 saturated carbocycles. The highest BCUT2D eigenvalue weighted by Crippen LogP contribution is 2.36. The van der Waals surface area contributed by atoms with Crippen LogP contribution in [0.4, 0.5) is 11.4 Å². The number of nitriles is 1. The molecule has 0 spiro atoms. The number of aromatic nitrogens is 2. The average molecular weight is 425 g/mol. The van der Waals surface area contributed by atoms with Gasteiger partial charge in [-0.15, -0.1) is 0 Å². The third-order valence-corrected chi connectivity index (χ3v) is 7.10. The lowest BCUT2D eigenvalue weighted by molar-refractivity contribution is -0.384. The summed E-state index contributed by atoms with van der Waals surface area (Å²) < 4.78 is 27.1. The molecule has 0 atom stereocenters. The third-order valence-electron chi connectivity index (χ3n) is 5.42. The fraction of sp³-hybridized carbons (Fsp3) is 0.300. The minimum Gasteiger partial charge on any atom is -0.376 e. The molecule has 10 heteroatoms. The number of fused-ring (bicyclic) bond motifs is 1. The smallest absolute Gasteiger partial charge is 0.311 e. The predicted octanol–water partition coefficient (Wildman–Crippen LogP) is 3.68. The molecule has 30 heavy (non-hydrogen) atoms. The molecule has 3 aromatic rings. The highest BCUT2D eigenvalue weighted by atomic mass is 32.2. The van der Waals surface area contributed by atoms with E-state index in [0.717, 1.165) is 23.0 Å². The van der Waals surface area contributed by atoms with Gasteiger partial charge in [0, 0.05) is 18.2 Å². The second kappa shape index (κ2) is 7.76. The van der Waals surface area contributed by atoms with E-state index in [4.69, 9.17) is 5.26 Å². The van der Waals surface area contributed by atoms with Crippen molar-refractivity contribution in [2.45, 2.75) is 36.6 Å². The molecule has 0 amide bonds. The zero-order chi connectivity index (χ0) is 21.3. The van der Waals surface area contributed by atoms with Crippen molar-refractivity contribution in [1.29, 1.82) is 5.26 Å². The quantitative estimate of drug-likeness (QED) is 0.487. The normalized spacial score (nSPS) is 19.3. The molecular weight excluding hydrogens is 406 g/mol. The van der Waals surface area contributed by atoms with E-state index >= 15 is 0 Å². The molecule has 0 aliphatic heterocycles. The molecule has 2 heterocycles. The molecule has 0 saturated heterocycles. The fourth-order valence-electron chi connectivity index (χ4n) is 3.81. The van der Waals surface area contributed by atoms with Gasteiger partial charge in [0.1, 0.15) is 11.9 Å². The first-order valence-electron chi connectivity index (χ1n) is 9.53. The molecule has 2 aromatic heterocycles. The van der Waals surface area contributed by atoms with Crippen molar-refractivity contribution in [3.63, 3.8) is 0 Å². The van der Waals surface area contributed by atoms with Crippen LogP contribution in [-0.4, -0.2) is 28.3 Å². The Morgan fingerprint density at radius 3 is 2.50 bits per heavy atom. The third kappa shape index (κ3) is 3.48. The van der Waals surface area contributed by atoms with Crippen molar-refractivity contribution in [3.8, 4) is 6.07 Å². The van der Waals surface area contributed by atoms with Gasteiger partial charge in [-0.2, -0.15) is 5.26 Å². The van der Waals surface area contributed by atoms with Crippen LogP contribution >= 0.6 is 0 Å². The molecule has 1 N–H and O–H groups in total. The van der Waals surface area contributed by atoms with Gasteiger partial charge in [0.15, 0.2) is 5.65 Å². The SMILES string of the molecule is N#C[C@H]1CC[C@H](Nc2c([N+](=O)[O-])cnc3c2ccn3S(=O)(=O)c2ccccc2)CC1. The number of nitrogens with zero attached hydrogens (tertiary/aromatic N) is 4. The maximum absolute atomic E-state index is 13.0. The van der Waals surface area contributed by atoms with Crippen LogP contribution in [0, 0.1) is 27.4 Å². The summed E-state index contributed by atoms with van der Waals surface area (Å²) in [6.45, 7) is 0. The van der Waals surface area contributed by atoms with E-state index in [2.05, 4.69) is 16.4 Å². The van der Waals surface area contributed by atoms with Crippen molar-refractivity contribution in [3.05, 3.63) is 58.9 Å². The van der Waals surface area contributed by atoms with Crippen molar-refractivity contribution in [2.75, 3.05) is 5.32 Å². The Kier molecular flexibility index (Phi) is 5.13. The van der Waals surface area contributed by atoms with Crippen LogP contribution in [-0.2, 0) is 10.0 Å². The summed E-state index contributed by atoms with van der Waals surface area (Å²) in [6.07, 6.45) is 5.31. The molecule has 154 valence electrons. The van der Waals surface area contributed by atoms with Crippen molar-refractivity contribution >= 4 is 32.4 Å². The van der Waals surface area contributed by atoms with Crippen LogP contribution in [0.2, 0.25) is 0 Å². The number of benzene rings is 1. The number of pyridine rings is 1.